The SMILES string of the molecule is CC.CCc1ccc2c(c1)CC=C2C.CO. The topological polar surface area (TPSA) is 20.2 Å². The average molecular weight is 220 g/mol. The number of aliphatic hydroxyl groups excluding tert-OH is 1. The van der Waals surface area contributed by atoms with Gasteiger partial charge in [0.2, 0.25) is 0 Å². The van der Waals surface area contributed by atoms with Crippen molar-refractivity contribution in [3.8, 4) is 0 Å². The third kappa shape index (κ3) is 3.49. The molecule has 0 spiro atoms. The number of benzene rings is 1. The molecule has 1 N–H and O–H groups in total. The molecule has 1 nitrogen and oxygen atoms in total. The van der Waals surface area contributed by atoms with E-state index in [1.165, 1.54) is 22.3 Å². The standard InChI is InChI=1S/C12H14.C2H6.CH4O/c1-3-10-5-7-12-9(2)4-6-11(12)8-10;2*1-2/h4-5,7-8H,3,6H2,1-2H3;1-2H3;2H,1H3. The van der Waals surface area contributed by atoms with Crippen molar-refractivity contribution in [2.24, 2.45) is 0 Å². The first-order valence-electron chi connectivity index (χ1n) is 6.05. The second-order valence-corrected chi connectivity index (χ2v) is 3.44. The van der Waals surface area contributed by atoms with Crippen LogP contribution in [-0.4, -0.2) is 12.2 Å². The fraction of sp³-hybridized carbons (Fsp3) is 0.467. The van der Waals surface area contributed by atoms with Gasteiger partial charge in [0, 0.05) is 7.11 Å². The minimum Gasteiger partial charge on any atom is -0.400 e. The first-order chi connectivity index (χ1) is 7.81. The first kappa shape index (κ1) is 14.9. The van der Waals surface area contributed by atoms with Crippen molar-refractivity contribution in [3.05, 3.63) is 41.0 Å². The summed E-state index contributed by atoms with van der Waals surface area (Å²) in [6, 6.07) is 6.83. The molecule has 0 saturated carbocycles. The second-order valence-electron chi connectivity index (χ2n) is 3.44. The lowest BCUT2D eigenvalue weighted by molar-refractivity contribution is 0.399. The largest absolute Gasteiger partial charge is 0.400 e. The van der Waals surface area contributed by atoms with Gasteiger partial charge in [-0.15, -0.1) is 0 Å². The van der Waals surface area contributed by atoms with E-state index >= 15 is 0 Å². The normalized spacial score (nSPS) is 11.5. The van der Waals surface area contributed by atoms with Crippen molar-refractivity contribution < 1.29 is 5.11 Å². The maximum Gasteiger partial charge on any atom is 0.0319 e. The highest BCUT2D eigenvalue weighted by molar-refractivity contribution is 5.71. The van der Waals surface area contributed by atoms with Gasteiger partial charge in [-0.3, -0.25) is 0 Å². The van der Waals surface area contributed by atoms with Gasteiger partial charge in [-0.1, -0.05) is 45.0 Å². The predicted octanol–water partition coefficient (Wildman–Crippen LogP) is 3.84. The molecule has 0 radical (unpaired) electrons. The van der Waals surface area contributed by atoms with E-state index in [0.717, 1.165) is 20.0 Å². The number of fused-ring (bicyclic) bond motifs is 1. The first-order valence-corrected chi connectivity index (χ1v) is 6.05. The predicted molar refractivity (Wildman–Crippen MR) is 72.7 cm³/mol. The highest BCUT2D eigenvalue weighted by Crippen LogP contribution is 2.27. The van der Waals surface area contributed by atoms with Gasteiger partial charge in [-0.05, 0) is 42.0 Å². The Kier molecular flexibility index (Phi) is 7.57. The monoisotopic (exact) mass is 220 g/mol. The van der Waals surface area contributed by atoms with Crippen molar-refractivity contribution in [2.45, 2.75) is 40.5 Å². The van der Waals surface area contributed by atoms with Crippen LogP contribution in [0.25, 0.3) is 5.57 Å². The Labute approximate surface area is 99.8 Å². The summed E-state index contributed by atoms with van der Waals surface area (Å²) in [5.41, 5.74) is 5.85. The quantitative estimate of drug-likeness (QED) is 0.762. The molecule has 0 atom stereocenters. The number of aliphatic hydroxyl groups is 1. The Bertz CT molecular complexity index is 337. The van der Waals surface area contributed by atoms with Crippen LogP contribution >= 0.6 is 0 Å². The summed E-state index contributed by atoms with van der Waals surface area (Å²) in [6.07, 6.45) is 4.59. The zero-order valence-electron chi connectivity index (χ0n) is 11.2. The van der Waals surface area contributed by atoms with Gasteiger partial charge < -0.3 is 5.11 Å². The van der Waals surface area contributed by atoms with E-state index in [0.29, 0.717) is 0 Å². The summed E-state index contributed by atoms with van der Waals surface area (Å²) < 4.78 is 0. The van der Waals surface area contributed by atoms with Crippen LogP contribution in [-0.2, 0) is 12.8 Å². The van der Waals surface area contributed by atoms with E-state index < -0.39 is 0 Å². The summed E-state index contributed by atoms with van der Waals surface area (Å²) >= 11 is 0. The van der Waals surface area contributed by atoms with Gasteiger partial charge in [0.15, 0.2) is 0 Å². The van der Waals surface area contributed by atoms with E-state index in [4.69, 9.17) is 5.11 Å². The van der Waals surface area contributed by atoms with Crippen molar-refractivity contribution in [3.63, 3.8) is 0 Å². The summed E-state index contributed by atoms with van der Waals surface area (Å²) in [5, 5.41) is 7.00. The Morgan fingerprint density at radius 2 is 1.81 bits per heavy atom. The zero-order chi connectivity index (χ0) is 12.6. The van der Waals surface area contributed by atoms with Gasteiger partial charge in [0.05, 0.1) is 0 Å². The molecule has 1 aromatic carbocycles. The Morgan fingerprint density at radius 3 is 2.38 bits per heavy atom. The van der Waals surface area contributed by atoms with Gasteiger partial charge in [0.25, 0.3) is 0 Å². The van der Waals surface area contributed by atoms with Gasteiger partial charge >= 0.3 is 0 Å². The smallest absolute Gasteiger partial charge is 0.0319 e. The number of allylic oxidation sites excluding steroid dienone is 2. The van der Waals surface area contributed by atoms with Crippen molar-refractivity contribution in [1.82, 2.24) is 0 Å². The van der Waals surface area contributed by atoms with E-state index in [2.05, 4.69) is 38.1 Å². The fourth-order valence-corrected chi connectivity index (χ4v) is 1.79. The van der Waals surface area contributed by atoms with Crippen LogP contribution in [0.1, 0.15) is 44.4 Å². The molecule has 1 heteroatoms. The van der Waals surface area contributed by atoms with Crippen LogP contribution < -0.4 is 0 Å². The molecule has 1 aliphatic rings. The lowest BCUT2D eigenvalue weighted by atomic mass is 10.0. The van der Waals surface area contributed by atoms with Crippen molar-refractivity contribution in [1.29, 1.82) is 0 Å². The molecule has 1 aliphatic carbocycles. The third-order valence-corrected chi connectivity index (χ3v) is 2.63. The Hall–Kier alpha value is -1.08. The van der Waals surface area contributed by atoms with Crippen LogP contribution in [0, 0.1) is 0 Å². The second kappa shape index (κ2) is 8.12. The summed E-state index contributed by atoms with van der Waals surface area (Å²) in [7, 11) is 1.00. The highest BCUT2D eigenvalue weighted by atomic mass is 16.2. The van der Waals surface area contributed by atoms with Crippen LogP contribution in [0.5, 0.6) is 0 Å². The lowest BCUT2D eigenvalue weighted by Gasteiger charge is -2.03. The average Bonchev–Trinajstić information content (AvgIpc) is 2.75. The molecule has 2 rings (SSSR count). The van der Waals surface area contributed by atoms with Gasteiger partial charge in [-0.2, -0.15) is 0 Å². The minimum absolute atomic E-state index is 1.00. The van der Waals surface area contributed by atoms with Crippen LogP contribution in [0.2, 0.25) is 0 Å². The Balaban J connectivity index is 0.000000509. The number of rotatable bonds is 1. The van der Waals surface area contributed by atoms with E-state index in [-0.39, 0.29) is 0 Å². The highest BCUT2D eigenvalue weighted by Gasteiger charge is 2.09. The van der Waals surface area contributed by atoms with Crippen molar-refractivity contribution in [2.75, 3.05) is 7.11 Å². The maximum absolute atomic E-state index is 7.00. The Morgan fingerprint density at radius 1 is 1.19 bits per heavy atom. The lowest BCUT2D eigenvalue weighted by Crippen LogP contribution is -1.86. The molecule has 0 unspecified atom stereocenters. The number of hydrogen-bond donors (Lipinski definition) is 1. The van der Waals surface area contributed by atoms with Crippen LogP contribution in [0.15, 0.2) is 24.3 Å². The summed E-state index contributed by atoms with van der Waals surface area (Å²) in [4.78, 5) is 0. The van der Waals surface area contributed by atoms with Crippen LogP contribution in [0.4, 0.5) is 0 Å². The summed E-state index contributed by atoms with van der Waals surface area (Å²) in [6.45, 7) is 8.40. The molecule has 16 heavy (non-hydrogen) atoms. The molecule has 0 heterocycles. The van der Waals surface area contributed by atoms with E-state index in [1.807, 2.05) is 13.8 Å². The zero-order valence-corrected chi connectivity index (χ0v) is 11.2. The molecule has 0 aromatic heterocycles. The number of aryl methyl sites for hydroxylation is 1. The summed E-state index contributed by atoms with van der Waals surface area (Å²) in [5.74, 6) is 0. The maximum atomic E-state index is 7.00. The molecule has 0 amide bonds. The molecule has 0 saturated heterocycles. The molecule has 90 valence electrons. The molecular formula is C15H24O. The molecule has 0 fully saturated rings. The third-order valence-electron chi connectivity index (χ3n) is 2.63. The van der Waals surface area contributed by atoms with Gasteiger partial charge in [-0.25, -0.2) is 0 Å². The minimum atomic E-state index is 1.00. The number of hydrogen-bond acceptors (Lipinski definition) is 1. The van der Waals surface area contributed by atoms with E-state index in [9.17, 15) is 0 Å². The fourth-order valence-electron chi connectivity index (χ4n) is 1.79. The van der Waals surface area contributed by atoms with Gasteiger partial charge in [0.1, 0.15) is 0 Å². The van der Waals surface area contributed by atoms with Crippen LogP contribution in [0.3, 0.4) is 0 Å². The molecule has 0 aliphatic heterocycles. The molecule has 1 aromatic rings. The molecule has 0 bridgehead atoms. The van der Waals surface area contributed by atoms with Crippen molar-refractivity contribution >= 4 is 5.57 Å². The molecular weight excluding hydrogens is 196 g/mol. The van der Waals surface area contributed by atoms with E-state index in [1.54, 1.807) is 0 Å².